The first-order valence-corrected chi connectivity index (χ1v) is 18.6. The molecule has 2 unspecified atom stereocenters. The number of thiophene rings is 4. The average Bonchev–Trinajstić information content (AvgIpc) is 3.84. The molecular weight excluding hydrogens is 639 g/mol. The summed E-state index contributed by atoms with van der Waals surface area (Å²) in [5.74, 6) is -0.383. The van der Waals surface area contributed by atoms with Crippen LogP contribution in [0.4, 0.5) is 8.78 Å². The van der Waals surface area contributed by atoms with Crippen molar-refractivity contribution in [3.8, 4) is 0 Å². The predicted molar refractivity (Wildman–Crippen MR) is 188 cm³/mol. The summed E-state index contributed by atoms with van der Waals surface area (Å²) in [6.07, 6.45) is 0. The zero-order valence-corrected chi connectivity index (χ0v) is 26.3. The van der Waals surface area contributed by atoms with Crippen LogP contribution in [-0.2, 0) is 0 Å². The van der Waals surface area contributed by atoms with Crippen molar-refractivity contribution < 1.29 is 8.78 Å². The fraction of sp³-hybridized carbons (Fsp3) is 0.0588. The maximum absolute atomic E-state index is 16.1. The molecule has 0 N–H and O–H groups in total. The number of hydrogen-bond acceptors (Lipinski definition) is 6. The Morgan fingerprint density at radius 2 is 0.857 bits per heavy atom. The minimum Gasteiger partial charge on any atom is -0.209 e. The van der Waals surface area contributed by atoms with E-state index in [0.717, 1.165) is 29.9 Å². The first-order chi connectivity index (χ1) is 20.6. The number of halogens is 2. The molecule has 6 heterocycles. The summed E-state index contributed by atoms with van der Waals surface area (Å²) in [4.78, 5) is 2.98. The summed E-state index contributed by atoms with van der Waals surface area (Å²) in [5.41, 5.74) is 0. The van der Waals surface area contributed by atoms with E-state index in [1.54, 1.807) is 45.3 Å². The second-order valence-electron chi connectivity index (χ2n) is 10.6. The van der Waals surface area contributed by atoms with Crippen LogP contribution in [0.3, 0.4) is 0 Å². The van der Waals surface area contributed by atoms with Gasteiger partial charge in [0.25, 0.3) is 0 Å². The monoisotopic (exact) mass is 654 g/mol. The van der Waals surface area contributed by atoms with Crippen molar-refractivity contribution in [3.63, 3.8) is 0 Å². The second-order valence-corrected chi connectivity index (χ2v) is 16.9. The Kier molecular flexibility index (Phi) is 5.24. The molecule has 2 aliphatic heterocycles. The number of thioether (sulfide) groups is 2. The molecule has 0 aliphatic carbocycles. The van der Waals surface area contributed by atoms with Crippen molar-refractivity contribution in [1.29, 1.82) is 0 Å². The molecule has 8 aromatic rings. The largest absolute Gasteiger partial charge is 0.209 e. The molecular formula is C34H16F2S6. The van der Waals surface area contributed by atoms with Gasteiger partial charge in [0.05, 0.1) is 20.3 Å². The van der Waals surface area contributed by atoms with Crippen molar-refractivity contribution in [3.05, 3.63) is 105 Å². The van der Waals surface area contributed by atoms with Crippen LogP contribution >= 0.6 is 68.9 Å². The number of benzene rings is 4. The minimum absolute atomic E-state index is 0.191. The summed E-state index contributed by atoms with van der Waals surface area (Å²) >= 11 is 9.46. The van der Waals surface area contributed by atoms with Crippen LogP contribution in [0, 0.1) is 0 Å². The third-order valence-corrected chi connectivity index (χ3v) is 15.9. The van der Waals surface area contributed by atoms with E-state index in [1.807, 2.05) is 0 Å². The predicted octanol–water partition coefficient (Wildman–Crippen LogP) is 13.1. The molecule has 0 nitrogen and oxygen atoms in total. The number of rotatable bonds is 2. The summed E-state index contributed by atoms with van der Waals surface area (Å²) < 4.78 is 37.1. The molecule has 0 spiro atoms. The smallest absolute Gasteiger partial charge is 0.130 e. The van der Waals surface area contributed by atoms with Gasteiger partial charge in [-0.2, -0.15) is 0 Å². The van der Waals surface area contributed by atoms with E-state index in [9.17, 15) is 0 Å². The third kappa shape index (κ3) is 3.34. The van der Waals surface area contributed by atoms with Gasteiger partial charge in [-0.15, -0.1) is 68.9 Å². The lowest BCUT2D eigenvalue weighted by Gasteiger charge is -2.05. The highest BCUT2D eigenvalue weighted by atomic mass is 32.2. The molecule has 0 fully saturated rings. The molecule has 2 aliphatic rings. The van der Waals surface area contributed by atoms with Crippen LogP contribution in [0.1, 0.15) is 9.75 Å². The molecule has 42 heavy (non-hydrogen) atoms. The van der Waals surface area contributed by atoms with E-state index in [4.69, 9.17) is 0 Å². The van der Waals surface area contributed by atoms with E-state index >= 15 is 8.78 Å². The Morgan fingerprint density at radius 3 is 1.31 bits per heavy atom. The molecule has 0 saturated heterocycles. The van der Waals surface area contributed by atoms with Gasteiger partial charge >= 0.3 is 0 Å². The van der Waals surface area contributed by atoms with Crippen molar-refractivity contribution >= 4 is 141 Å². The maximum atomic E-state index is 16.1. The van der Waals surface area contributed by atoms with E-state index in [1.165, 1.54) is 65.2 Å². The van der Waals surface area contributed by atoms with Gasteiger partial charge in [-0.25, -0.2) is 8.78 Å². The highest BCUT2D eigenvalue weighted by Crippen LogP contribution is 2.62. The zero-order valence-electron chi connectivity index (χ0n) is 21.4. The molecule has 4 aromatic carbocycles. The van der Waals surface area contributed by atoms with Gasteiger partial charge in [0, 0.05) is 50.1 Å². The molecule has 4 aromatic heterocycles. The molecule has 0 saturated carbocycles. The van der Waals surface area contributed by atoms with Crippen LogP contribution in [0.5, 0.6) is 0 Å². The van der Waals surface area contributed by atoms with Crippen LogP contribution in [0.15, 0.2) is 95.2 Å². The lowest BCUT2D eigenvalue weighted by atomic mass is 10.1. The van der Waals surface area contributed by atoms with Gasteiger partial charge in [0.1, 0.15) is 11.7 Å². The Morgan fingerprint density at radius 1 is 0.452 bits per heavy atom. The van der Waals surface area contributed by atoms with Crippen LogP contribution in [0.2, 0.25) is 0 Å². The van der Waals surface area contributed by atoms with Crippen molar-refractivity contribution in [2.45, 2.75) is 10.5 Å². The Labute approximate surface area is 263 Å². The molecule has 202 valence electrons. The lowest BCUT2D eigenvalue weighted by Crippen LogP contribution is -2.10. The number of hydrogen-bond donors (Lipinski definition) is 0. The molecule has 0 amide bonds. The van der Waals surface area contributed by atoms with Gasteiger partial charge in [-0.1, -0.05) is 48.5 Å². The van der Waals surface area contributed by atoms with E-state index in [0.29, 0.717) is 9.81 Å². The van der Waals surface area contributed by atoms with Crippen LogP contribution < -0.4 is 0 Å². The van der Waals surface area contributed by atoms with Crippen molar-refractivity contribution in [2.75, 3.05) is 0 Å². The van der Waals surface area contributed by atoms with E-state index in [-0.39, 0.29) is 11.7 Å². The number of fused-ring (bicyclic) bond motifs is 11. The highest BCUT2D eigenvalue weighted by molar-refractivity contribution is 8.14. The Bertz CT molecular complexity index is 2340. The lowest BCUT2D eigenvalue weighted by molar-refractivity contribution is 0.571. The van der Waals surface area contributed by atoms with Gasteiger partial charge in [-0.05, 0) is 56.6 Å². The Balaban J connectivity index is 1.03. The average molecular weight is 655 g/mol. The highest BCUT2D eigenvalue weighted by Gasteiger charge is 2.47. The normalized spacial score (nSPS) is 19.3. The minimum atomic E-state index is -0.527. The maximum Gasteiger partial charge on any atom is 0.130 e. The standard InChI is InChI=1S/C34H16F2S6/c35-25-31(23-13-17-3-7-19-21(29(17)39-23)5-1-15-9-11-37-27(15)19)41-34-26(36)32(42-33(25)34)24-14-18-4-8-20-22(30(18)40-24)6-2-16-10-12-38-28(16)20/h1-14,33-34H. The quantitative estimate of drug-likeness (QED) is 0.182. The van der Waals surface area contributed by atoms with E-state index in [2.05, 4.69) is 83.6 Å². The van der Waals surface area contributed by atoms with Crippen LogP contribution in [-0.4, -0.2) is 10.5 Å². The molecule has 2 atom stereocenters. The first-order valence-electron chi connectivity index (χ1n) is 13.4. The fourth-order valence-electron chi connectivity index (χ4n) is 6.35. The van der Waals surface area contributed by atoms with Gasteiger partial charge in [0.15, 0.2) is 0 Å². The molecule has 8 heteroatoms. The van der Waals surface area contributed by atoms with Crippen LogP contribution in [0.25, 0.3) is 71.7 Å². The Hall–Kier alpha value is -2.72. The SMILES string of the molecule is FC1=C(c2cc3ccc4c(ccc5ccsc54)c3s2)SC2C(F)=C(c3cc4ccc5c(ccc6ccsc65)c4s3)SC12. The fourth-order valence-corrected chi connectivity index (χ4v) is 13.8. The summed E-state index contributed by atoms with van der Waals surface area (Å²) in [6, 6.07) is 25.8. The topological polar surface area (TPSA) is 0 Å². The zero-order chi connectivity index (χ0) is 27.7. The first kappa shape index (κ1) is 24.7. The second kappa shape index (κ2) is 8.91. The van der Waals surface area contributed by atoms with Crippen molar-refractivity contribution in [1.82, 2.24) is 0 Å². The summed E-state index contributed by atoms with van der Waals surface area (Å²) in [5, 5.41) is 12.8. The van der Waals surface area contributed by atoms with Gasteiger partial charge in [0.2, 0.25) is 0 Å². The molecule has 0 bridgehead atoms. The summed E-state index contributed by atoms with van der Waals surface area (Å²) in [6.45, 7) is 0. The van der Waals surface area contributed by atoms with Gasteiger partial charge in [-0.3, -0.25) is 0 Å². The molecule has 0 radical (unpaired) electrons. The molecule has 10 rings (SSSR count). The van der Waals surface area contributed by atoms with Gasteiger partial charge < -0.3 is 0 Å². The summed E-state index contributed by atoms with van der Waals surface area (Å²) in [7, 11) is 0. The third-order valence-electron chi connectivity index (χ3n) is 8.34. The van der Waals surface area contributed by atoms with E-state index < -0.39 is 10.5 Å². The van der Waals surface area contributed by atoms with Crippen molar-refractivity contribution in [2.24, 2.45) is 0 Å².